The molecule has 1 aliphatic heterocycles. The standard InChI is InChI=1S/C21H18N2O3S.C15H21BO4.C12H9BrN2OS/c1-4-25-21(24)15-9-7-14(8-10-15)19-22-20(27-23-19)17-11-16-12(2)5-6-13(3)18(16)26-17;1-6-18-13(17)11-7-9-12(10-8-11)16-19-14(2,3)15(4,5)20-16;1-6-3-4-7(2)10-8(6)5-9(16-10)11-14-12(13)15-17-11/h5-11H,4H2,1-3H3;7-10H,6H2,1-5H3;3-5H,1-2H3. The van der Waals surface area contributed by atoms with Crippen molar-refractivity contribution in [2.75, 3.05) is 13.2 Å². The molecule has 0 unspecified atom stereocenters. The second kappa shape index (κ2) is 19.3. The molecule has 64 heavy (non-hydrogen) atoms. The number of aromatic nitrogens is 4. The maximum Gasteiger partial charge on any atom is 0.494 e. The van der Waals surface area contributed by atoms with E-state index in [9.17, 15) is 9.59 Å². The van der Waals surface area contributed by atoms with Crippen LogP contribution in [0.3, 0.4) is 0 Å². The lowest BCUT2D eigenvalue weighted by Gasteiger charge is -2.32. The fraction of sp³-hybridized carbons (Fsp3) is 0.292. The molecular weight excluding hydrogens is 915 g/mol. The smallest absolute Gasteiger partial charge is 0.462 e. The third-order valence-electron chi connectivity index (χ3n) is 11.0. The lowest BCUT2D eigenvalue weighted by atomic mass is 9.79. The molecule has 0 aliphatic carbocycles. The Kier molecular flexibility index (Phi) is 14.0. The first kappa shape index (κ1) is 46.5. The zero-order valence-electron chi connectivity index (χ0n) is 37.3. The second-order valence-electron chi connectivity index (χ2n) is 16.1. The largest absolute Gasteiger partial charge is 0.494 e. The number of nitrogens with zero attached hydrogens (tertiary/aromatic N) is 4. The van der Waals surface area contributed by atoms with E-state index in [0.717, 1.165) is 59.9 Å². The first-order valence-electron chi connectivity index (χ1n) is 20.7. The van der Waals surface area contributed by atoms with Gasteiger partial charge in [-0.3, -0.25) is 0 Å². The molecule has 4 aromatic heterocycles. The number of esters is 2. The molecule has 330 valence electrons. The van der Waals surface area contributed by atoms with Crippen molar-refractivity contribution >= 4 is 85.5 Å². The normalized spacial score (nSPS) is 13.9. The van der Waals surface area contributed by atoms with Gasteiger partial charge in [0, 0.05) is 16.3 Å². The van der Waals surface area contributed by atoms with Gasteiger partial charge < -0.3 is 27.6 Å². The summed E-state index contributed by atoms with van der Waals surface area (Å²) in [5.41, 5.74) is 8.51. The van der Waals surface area contributed by atoms with Crippen LogP contribution in [0.5, 0.6) is 0 Å². The van der Waals surface area contributed by atoms with E-state index in [1.807, 2.05) is 77.9 Å². The highest BCUT2D eigenvalue weighted by atomic mass is 79.9. The van der Waals surface area contributed by atoms with Crippen molar-refractivity contribution in [1.29, 1.82) is 0 Å². The molecule has 0 N–H and O–H groups in total. The van der Waals surface area contributed by atoms with Crippen molar-refractivity contribution in [2.24, 2.45) is 0 Å². The van der Waals surface area contributed by atoms with Crippen molar-refractivity contribution in [1.82, 2.24) is 18.7 Å². The number of halogens is 1. The molecule has 0 spiro atoms. The summed E-state index contributed by atoms with van der Waals surface area (Å²) in [4.78, 5) is 32.2. The first-order chi connectivity index (χ1) is 30.5. The quantitative estimate of drug-likeness (QED) is 0.105. The summed E-state index contributed by atoms with van der Waals surface area (Å²) < 4.78 is 42.9. The van der Waals surface area contributed by atoms with Gasteiger partial charge in [-0.2, -0.15) is 8.75 Å². The first-order valence-corrected chi connectivity index (χ1v) is 23.1. The zero-order valence-corrected chi connectivity index (χ0v) is 40.5. The summed E-state index contributed by atoms with van der Waals surface area (Å²) in [7, 11) is -0.406. The summed E-state index contributed by atoms with van der Waals surface area (Å²) in [6, 6.07) is 26.6. The Morgan fingerprint density at radius 2 is 1.06 bits per heavy atom. The number of hydrogen-bond acceptors (Lipinski definition) is 14. The summed E-state index contributed by atoms with van der Waals surface area (Å²) in [5.74, 6) is 1.46. The highest BCUT2D eigenvalue weighted by Crippen LogP contribution is 2.37. The molecule has 5 heterocycles. The monoisotopic (exact) mass is 962 g/mol. The molecule has 0 radical (unpaired) electrons. The molecule has 4 aromatic carbocycles. The Hall–Kier alpha value is -5.52. The topological polar surface area (TPSA) is 149 Å². The molecule has 1 saturated heterocycles. The van der Waals surface area contributed by atoms with Crippen LogP contribution in [-0.2, 0) is 18.8 Å². The average Bonchev–Trinajstić information content (AvgIpc) is 4.12. The minimum Gasteiger partial charge on any atom is -0.462 e. The van der Waals surface area contributed by atoms with Crippen LogP contribution in [0.4, 0.5) is 0 Å². The molecule has 16 heteroatoms. The number of hydrogen-bond donors (Lipinski definition) is 0. The van der Waals surface area contributed by atoms with E-state index >= 15 is 0 Å². The van der Waals surface area contributed by atoms with E-state index in [-0.39, 0.29) is 23.1 Å². The van der Waals surface area contributed by atoms with Gasteiger partial charge in [0.1, 0.15) is 11.2 Å². The molecule has 8 aromatic rings. The van der Waals surface area contributed by atoms with E-state index in [1.165, 1.54) is 34.2 Å². The van der Waals surface area contributed by atoms with Crippen LogP contribution in [0.25, 0.3) is 54.9 Å². The molecule has 1 aliphatic rings. The fourth-order valence-electron chi connectivity index (χ4n) is 6.68. The van der Waals surface area contributed by atoms with Gasteiger partial charge in [-0.15, -0.1) is 0 Å². The summed E-state index contributed by atoms with van der Waals surface area (Å²) >= 11 is 5.87. The van der Waals surface area contributed by atoms with Gasteiger partial charge in [-0.25, -0.2) is 19.6 Å². The molecule has 0 atom stereocenters. The number of carbonyl (C=O) groups excluding carboxylic acids is 2. The van der Waals surface area contributed by atoms with Crippen LogP contribution in [0.1, 0.15) is 84.5 Å². The number of fused-ring (bicyclic) bond motifs is 2. The molecule has 1 fully saturated rings. The zero-order chi connectivity index (χ0) is 45.9. The molecule has 12 nitrogen and oxygen atoms in total. The van der Waals surface area contributed by atoms with Gasteiger partial charge in [0.25, 0.3) is 0 Å². The maximum absolute atomic E-state index is 11.8. The molecule has 0 bridgehead atoms. The number of carbonyl (C=O) groups is 2. The second-order valence-corrected chi connectivity index (χ2v) is 18.3. The summed E-state index contributed by atoms with van der Waals surface area (Å²) in [5, 5.41) is 3.77. The average molecular weight is 964 g/mol. The van der Waals surface area contributed by atoms with Gasteiger partial charge in [0.15, 0.2) is 27.4 Å². The van der Waals surface area contributed by atoms with Crippen LogP contribution in [0.2, 0.25) is 0 Å². The van der Waals surface area contributed by atoms with Crippen LogP contribution in [0, 0.1) is 27.7 Å². The Morgan fingerprint density at radius 3 is 1.50 bits per heavy atom. The van der Waals surface area contributed by atoms with Crippen molar-refractivity contribution in [3.05, 3.63) is 123 Å². The molecule has 9 rings (SSSR count). The summed E-state index contributed by atoms with van der Waals surface area (Å²) in [6.07, 6.45) is 0. The van der Waals surface area contributed by atoms with Crippen molar-refractivity contribution in [2.45, 2.75) is 80.4 Å². The maximum atomic E-state index is 11.8. The highest BCUT2D eigenvalue weighted by Gasteiger charge is 2.51. The third kappa shape index (κ3) is 10.1. The van der Waals surface area contributed by atoms with Gasteiger partial charge >= 0.3 is 19.1 Å². The Labute approximate surface area is 388 Å². The van der Waals surface area contributed by atoms with Crippen molar-refractivity contribution in [3.8, 4) is 32.9 Å². The summed E-state index contributed by atoms with van der Waals surface area (Å²) in [6.45, 7) is 20.6. The van der Waals surface area contributed by atoms with Crippen LogP contribution >= 0.6 is 39.0 Å². The molecular formula is C48H48BBrN4O8S2. The predicted octanol–water partition coefficient (Wildman–Crippen LogP) is 11.9. The molecule has 0 saturated carbocycles. The van der Waals surface area contributed by atoms with E-state index < -0.39 is 7.12 Å². The fourth-order valence-corrected chi connectivity index (χ4v) is 8.35. The van der Waals surface area contributed by atoms with Gasteiger partial charge in [0.05, 0.1) is 35.5 Å². The van der Waals surface area contributed by atoms with Crippen LogP contribution in [-0.4, -0.2) is 62.2 Å². The number of benzene rings is 4. The minimum atomic E-state index is -0.406. The SMILES string of the molecule is CCOC(=O)c1ccc(-c2nsc(-c3cc4c(C)ccc(C)c4o3)n2)cc1.CCOC(=O)c1ccc(B2OC(C)(C)C(C)(C)O2)cc1.Cc1ccc(C)c2oc(-c3nc(Br)ns3)cc12. The Morgan fingerprint density at radius 1 is 0.625 bits per heavy atom. The van der Waals surface area contributed by atoms with Crippen molar-refractivity contribution in [3.63, 3.8) is 0 Å². The number of aryl methyl sites for hydroxylation is 4. The third-order valence-corrected chi connectivity index (χ3v) is 13.1. The highest BCUT2D eigenvalue weighted by molar-refractivity contribution is 9.10. The minimum absolute atomic E-state index is 0.312. The Balaban J connectivity index is 0.000000148. The van der Waals surface area contributed by atoms with E-state index in [2.05, 4.69) is 72.8 Å². The lowest BCUT2D eigenvalue weighted by Crippen LogP contribution is -2.41. The van der Waals surface area contributed by atoms with Crippen LogP contribution in [0.15, 0.2) is 98.5 Å². The number of ether oxygens (including phenoxy) is 2. The van der Waals surface area contributed by atoms with Gasteiger partial charge in [-0.1, -0.05) is 48.5 Å². The number of furan rings is 2. The molecule has 0 amide bonds. The lowest BCUT2D eigenvalue weighted by molar-refractivity contribution is 0.00578. The van der Waals surface area contributed by atoms with E-state index in [4.69, 9.17) is 27.6 Å². The van der Waals surface area contributed by atoms with E-state index in [1.54, 1.807) is 38.1 Å². The Bertz CT molecular complexity index is 2840. The van der Waals surface area contributed by atoms with Crippen molar-refractivity contribution < 1.29 is 37.2 Å². The van der Waals surface area contributed by atoms with Crippen LogP contribution < -0.4 is 5.46 Å². The number of rotatable bonds is 8. The van der Waals surface area contributed by atoms with E-state index in [0.29, 0.717) is 40.7 Å². The van der Waals surface area contributed by atoms with Gasteiger partial charge in [-0.05, 0) is 172 Å². The van der Waals surface area contributed by atoms with Gasteiger partial charge in [0.2, 0.25) is 4.73 Å². The predicted molar refractivity (Wildman–Crippen MR) is 256 cm³/mol.